The molecule has 2 heterocycles. The summed E-state index contributed by atoms with van der Waals surface area (Å²) in [5.41, 5.74) is 0. The molecule has 1 N–H and O–H groups in total. The van der Waals surface area contributed by atoms with Gasteiger partial charge >= 0.3 is 0 Å². The first-order valence-electron chi connectivity index (χ1n) is 4.91. The monoisotopic (exact) mass is 305 g/mol. The summed E-state index contributed by atoms with van der Waals surface area (Å²) >= 11 is 6.79. The highest BCUT2D eigenvalue weighted by atomic mass is 79.9. The van der Waals surface area contributed by atoms with Gasteiger partial charge in [-0.3, -0.25) is 4.79 Å². The second kappa shape index (κ2) is 5.37. The van der Waals surface area contributed by atoms with Crippen molar-refractivity contribution in [3.63, 3.8) is 0 Å². The highest BCUT2D eigenvalue weighted by molar-refractivity contribution is 9.11. The molecule has 1 aromatic heterocycles. The van der Waals surface area contributed by atoms with Crippen LogP contribution >= 0.6 is 39.0 Å². The van der Waals surface area contributed by atoms with Crippen LogP contribution in [0.1, 0.15) is 22.5 Å². The Morgan fingerprint density at radius 3 is 3.07 bits per heavy atom. The van der Waals surface area contributed by atoms with Crippen LogP contribution in [0, 0.1) is 0 Å². The zero-order chi connectivity index (χ0) is 10.7. The molecular weight excluding hydrogens is 294 g/mol. The molecular formula is C10H12BrNOS2. The molecule has 1 atom stereocenters. The Balaban J connectivity index is 1.81. The van der Waals surface area contributed by atoms with E-state index in [-0.39, 0.29) is 5.91 Å². The van der Waals surface area contributed by atoms with E-state index in [1.165, 1.54) is 29.9 Å². The predicted octanol–water partition coefficient (Wildman–Crippen LogP) is 3.14. The predicted molar refractivity (Wildman–Crippen MR) is 69.8 cm³/mol. The fourth-order valence-corrected chi connectivity index (χ4v) is 4.04. The average molecular weight is 306 g/mol. The summed E-state index contributed by atoms with van der Waals surface area (Å²) in [5.74, 6) is 1.30. The number of hydrogen-bond acceptors (Lipinski definition) is 3. The van der Waals surface area contributed by atoms with E-state index in [0.717, 1.165) is 15.2 Å². The first-order chi connectivity index (χ1) is 7.25. The van der Waals surface area contributed by atoms with Gasteiger partial charge in [-0.1, -0.05) is 0 Å². The lowest BCUT2D eigenvalue weighted by Gasteiger charge is -2.08. The van der Waals surface area contributed by atoms with Gasteiger partial charge in [0, 0.05) is 11.8 Å². The molecule has 1 aromatic rings. The molecule has 0 aromatic carbocycles. The maximum absolute atomic E-state index is 11.7. The third-order valence-corrected chi connectivity index (χ3v) is 5.33. The summed E-state index contributed by atoms with van der Waals surface area (Å²) in [6.45, 7) is 0.805. The lowest BCUT2D eigenvalue weighted by molar-refractivity contribution is 0.0958. The number of amides is 1. The van der Waals surface area contributed by atoms with E-state index in [4.69, 9.17) is 0 Å². The SMILES string of the molecule is O=C(NC[C@@H]1CCCS1)c1ccc(Br)s1. The van der Waals surface area contributed by atoms with Crippen LogP contribution in [0.4, 0.5) is 0 Å². The maximum Gasteiger partial charge on any atom is 0.261 e. The molecule has 15 heavy (non-hydrogen) atoms. The van der Waals surface area contributed by atoms with Crippen LogP contribution < -0.4 is 5.32 Å². The molecule has 82 valence electrons. The smallest absolute Gasteiger partial charge is 0.261 e. The minimum absolute atomic E-state index is 0.0539. The van der Waals surface area contributed by atoms with E-state index < -0.39 is 0 Å². The third kappa shape index (κ3) is 3.23. The van der Waals surface area contributed by atoms with E-state index in [1.54, 1.807) is 0 Å². The van der Waals surface area contributed by atoms with Crippen molar-refractivity contribution in [3.8, 4) is 0 Å². The third-order valence-electron chi connectivity index (χ3n) is 2.31. The standard InChI is InChI=1S/C10H12BrNOS2/c11-9-4-3-8(15-9)10(13)12-6-7-2-1-5-14-7/h3-4,7H,1-2,5-6H2,(H,12,13)/t7-/m0/s1. The van der Waals surface area contributed by atoms with Crippen molar-refractivity contribution in [1.29, 1.82) is 0 Å². The molecule has 0 aliphatic carbocycles. The summed E-state index contributed by atoms with van der Waals surface area (Å²) < 4.78 is 1.00. The van der Waals surface area contributed by atoms with Gasteiger partial charge in [0.05, 0.1) is 8.66 Å². The van der Waals surface area contributed by atoms with Crippen LogP contribution in [0.2, 0.25) is 0 Å². The Bertz CT molecular complexity index is 347. The Kier molecular flexibility index (Phi) is 4.11. The van der Waals surface area contributed by atoms with Crippen molar-refractivity contribution in [2.45, 2.75) is 18.1 Å². The Labute approximate surface area is 106 Å². The van der Waals surface area contributed by atoms with Crippen molar-refractivity contribution >= 4 is 44.9 Å². The van der Waals surface area contributed by atoms with Gasteiger partial charge in [-0.05, 0) is 46.7 Å². The summed E-state index contributed by atoms with van der Waals surface area (Å²) in [4.78, 5) is 12.5. The van der Waals surface area contributed by atoms with Gasteiger partial charge in [0.1, 0.15) is 0 Å². The minimum atomic E-state index is 0.0539. The van der Waals surface area contributed by atoms with E-state index in [2.05, 4.69) is 21.2 Å². The summed E-state index contributed by atoms with van der Waals surface area (Å²) in [5, 5.41) is 3.61. The molecule has 2 nitrogen and oxygen atoms in total. The van der Waals surface area contributed by atoms with Crippen LogP contribution in [-0.2, 0) is 0 Å². The molecule has 1 saturated heterocycles. The van der Waals surface area contributed by atoms with Crippen molar-refractivity contribution < 1.29 is 4.79 Å². The van der Waals surface area contributed by atoms with Gasteiger partial charge in [-0.25, -0.2) is 0 Å². The molecule has 0 unspecified atom stereocenters. The van der Waals surface area contributed by atoms with E-state index >= 15 is 0 Å². The molecule has 5 heteroatoms. The highest BCUT2D eigenvalue weighted by Crippen LogP contribution is 2.26. The van der Waals surface area contributed by atoms with Gasteiger partial charge in [-0.2, -0.15) is 11.8 Å². The molecule has 1 aliphatic rings. The van der Waals surface area contributed by atoms with Crippen LogP contribution in [0.15, 0.2) is 15.9 Å². The fraction of sp³-hybridized carbons (Fsp3) is 0.500. The number of nitrogens with one attached hydrogen (secondary N) is 1. The van der Waals surface area contributed by atoms with Crippen molar-refractivity contribution in [2.24, 2.45) is 0 Å². The first kappa shape index (κ1) is 11.5. The van der Waals surface area contributed by atoms with Crippen molar-refractivity contribution in [2.75, 3.05) is 12.3 Å². The number of carbonyl (C=O) groups excluding carboxylic acids is 1. The van der Waals surface area contributed by atoms with Gasteiger partial charge in [0.15, 0.2) is 0 Å². The van der Waals surface area contributed by atoms with Gasteiger partial charge in [0.25, 0.3) is 5.91 Å². The van der Waals surface area contributed by atoms with Gasteiger partial charge in [0.2, 0.25) is 0 Å². The molecule has 0 radical (unpaired) electrons. The Hall–Kier alpha value is -0.0000000000000000833. The van der Waals surface area contributed by atoms with E-state index in [1.807, 2.05) is 23.9 Å². The number of thioether (sulfide) groups is 1. The van der Waals surface area contributed by atoms with Gasteiger partial charge in [-0.15, -0.1) is 11.3 Å². The quantitative estimate of drug-likeness (QED) is 0.929. The van der Waals surface area contributed by atoms with Gasteiger partial charge < -0.3 is 5.32 Å². The molecule has 2 rings (SSSR count). The largest absolute Gasteiger partial charge is 0.350 e. The van der Waals surface area contributed by atoms with E-state index in [0.29, 0.717) is 5.25 Å². The van der Waals surface area contributed by atoms with E-state index in [9.17, 15) is 4.79 Å². The lowest BCUT2D eigenvalue weighted by atomic mass is 10.2. The van der Waals surface area contributed by atoms with Crippen LogP contribution in [0.3, 0.4) is 0 Å². The maximum atomic E-state index is 11.7. The number of rotatable bonds is 3. The molecule has 1 amide bonds. The normalized spacial score (nSPS) is 20.5. The first-order valence-corrected chi connectivity index (χ1v) is 7.56. The minimum Gasteiger partial charge on any atom is -0.350 e. The summed E-state index contributed by atoms with van der Waals surface area (Å²) in [6, 6.07) is 3.76. The summed E-state index contributed by atoms with van der Waals surface area (Å²) in [7, 11) is 0. The fourth-order valence-electron chi connectivity index (χ4n) is 1.54. The van der Waals surface area contributed by atoms with Crippen LogP contribution in [-0.4, -0.2) is 23.5 Å². The zero-order valence-electron chi connectivity index (χ0n) is 8.16. The molecule has 0 spiro atoms. The Morgan fingerprint density at radius 1 is 1.60 bits per heavy atom. The molecule has 1 fully saturated rings. The topological polar surface area (TPSA) is 29.1 Å². The van der Waals surface area contributed by atoms with Crippen LogP contribution in [0.25, 0.3) is 0 Å². The highest BCUT2D eigenvalue weighted by Gasteiger charge is 2.17. The number of thiophene rings is 1. The second-order valence-electron chi connectivity index (χ2n) is 3.45. The second-order valence-corrected chi connectivity index (χ2v) is 7.32. The lowest BCUT2D eigenvalue weighted by Crippen LogP contribution is -2.29. The number of carbonyl (C=O) groups is 1. The number of hydrogen-bond donors (Lipinski definition) is 1. The zero-order valence-corrected chi connectivity index (χ0v) is 11.4. The number of halogens is 1. The van der Waals surface area contributed by atoms with Crippen molar-refractivity contribution in [3.05, 3.63) is 20.8 Å². The summed E-state index contributed by atoms with van der Waals surface area (Å²) in [6.07, 6.45) is 2.52. The Morgan fingerprint density at radius 2 is 2.47 bits per heavy atom. The molecule has 1 aliphatic heterocycles. The molecule has 0 bridgehead atoms. The van der Waals surface area contributed by atoms with Crippen LogP contribution in [0.5, 0.6) is 0 Å². The average Bonchev–Trinajstić information content (AvgIpc) is 2.84. The molecule has 0 saturated carbocycles. The van der Waals surface area contributed by atoms with Crippen molar-refractivity contribution in [1.82, 2.24) is 5.32 Å².